The number of halogens is 1. The molecule has 0 fully saturated rings. The van der Waals surface area contributed by atoms with Crippen LogP contribution < -0.4 is 0 Å². The second-order valence-electron chi connectivity index (χ2n) is 3.92. The number of hydrogen-bond acceptors (Lipinski definition) is 0. The van der Waals surface area contributed by atoms with Gasteiger partial charge in [-0.25, -0.2) is 0 Å². The predicted octanol–water partition coefficient (Wildman–Crippen LogP) is 4.06. The standard InChI is InChI=1S/C14H11I/c15-14-7-3-6-12-11-5-2-1-4-10(11)8-9-13(12)14/h1-7H,8-9H2. The van der Waals surface area contributed by atoms with Crippen LogP contribution in [0.25, 0.3) is 11.1 Å². The molecule has 74 valence electrons. The fraction of sp³-hybridized carbons (Fsp3) is 0.143. The first-order valence-electron chi connectivity index (χ1n) is 5.22. The van der Waals surface area contributed by atoms with Gasteiger partial charge in [0.25, 0.3) is 0 Å². The molecule has 15 heavy (non-hydrogen) atoms. The number of hydrogen-bond donors (Lipinski definition) is 0. The van der Waals surface area contributed by atoms with E-state index in [0.717, 1.165) is 0 Å². The third-order valence-corrected chi connectivity index (χ3v) is 4.08. The smallest absolute Gasteiger partial charge is 0.0168 e. The van der Waals surface area contributed by atoms with Crippen LogP contribution >= 0.6 is 22.6 Å². The lowest BCUT2D eigenvalue weighted by Gasteiger charge is -2.20. The molecule has 2 aromatic carbocycles. The number of aryl methyl sites for hydroxylation is 1. The number of fused-ring (bicyclic) bond motifs is 3. The first-order chi connectivity index (χ1) is 7.36. The molecule has 0 radical (unpaired) electrons. The van der Waals surface area contributed by atoms with Crippen molar-refractivity contribution in [3.05, 3.63) is 57.2 Å². The summed E-state index contributed by atoms with van der Waals surface area (Å²) in [5, 5.41) is 0. The van der Waals surface area contributed by atoms with Gasteiger partial charge in [-0.1, -0.05) is 36.4 Å². The van der Waals surface area contributed by atoms with Crippen LogP contribution in [0.1, 0.15) is 11.1 Å². The Bertz CT molecular complexity index is 514. The lowest BCUT2D eigenvalue weighted by atomic mass is 9.86. The van der Waals surface area contributed by atoms with Gasteiger partial charge >= 0.3 is 0 Å². The van der Waals surface area contributed by atoms with E-state index >= 15 is 0 Å². The molecular formula is C14H11I. The molecule has 0 atom stereocenters. The van der Waals surface area contributed by atoms with Crippen LogP contribution in [0.5, 0.6) is 0 Å². The number of benzene rings is 2. The Morgan fingerprint density at radius 1 is 0.800 bits per heavy atom. The molecular weight excluding hydrogens is 295 g/mol. The summed E-state index contributed by atoms with van der Waals surface area (Å²) in [7, 11) is 0. The monoisotopic (exact) mass is 306 g/mol. The molecule has 0 unspecified atom stereocenters. The van der Waals surface area contributed by atoms with E-state index in [9.17, 15) is 0 Å². The fourth-order valence-electron chi connectivity index (χ4n) is 2.33. The van der Waals surface area contributed by atoms with E-state index in [0.29, 0.717) is 0 Å². The lowest BCUT2D eigenvalue weighted by Crippen LogP contribution is -2.05. The third-order valence-electron chi connectivity index (χ3n) is 3.07. The summed E-state index contributed by atoms with van der Waals surface area (Å²) >= 11 is 2.44. The Balaban J connectivity index is 2.30. The van der Waals surface area contributed by atoms with Crippen LogP contribution in [0.3, 0.4) is 0 Å². The first kappa shape index (κ1) is 9.40. The van der Waals surface area contributed by atoms with E-state index in [1.807, 2.05) is 0 Å². The second kappa shape index (κ2) is 3.63. The van der Waals surface area contributed by atoms with Crippen LogP contribution in [0, 0.1) is 3.57 Å². The predicted molar refractivity (Wildman–Crippen MR) is 72.0 cm³/mol. The van der Waals surface area contributed by atoms with Crippen molar-refractivity contribution in [2.24, 2.45) is 0 Å². The normalized spacial score (nSPS) is 13.1. The molecule has 0 saturated carbocycles. The van der Waals surface area contributed by atoms with Gasteiger partial charge in [0.1, 0.15) is 0 Å². The number of rotatable bonds is 0. The molecule has 0 amide bonds. The van der Waals surface area contributed by atoms with Gasteiger partial charge in [0.05, 0.1) is 0 Å². The molecule has 0 N–H and O–H groups in total. The van der Waals surface area contributed by atoms with Crippen molar-refractivity contribution in [1.29, 1.82) is 0 Å². The van der Waals surface area contributed by atoms with E-state index in [1.165, 1.54) is 38.7 Å². The molecule has 1 heteroatoms. The average molecular weight is 306 g/mol. The van der Waals surface area contributed by atoms with Gasteiger partial charge in [-0.3, -0.25) is 0 Å². The summed E-state index contributed by atoms with van der Waals surface area (Å²) in [5.41, 5.74) is 5.88. The molecule has 0 nitrogen and oxygen atoms in total. The Hall–Kier alpha value is -0.830. The van der Waals surface area contributed by atoms with E-state index in [2.05, 4.69) is 65.1 Å². The topological polar surface area (TPSA) is 0 Å². The van der Waals surface area contributed by atoms with Crippen LogP contribution in [0.2, 0.25) is 0 Å². The molecule has 0 bridgehead atoms. The van der Waals surface area contributed by atoms with Crippen LogP contribution in [0.15, 0.2) is 42.5 Å². The molecule has 0 aromatic heterocycles. The van der Waals surface area contributed by atoms with Gasteiger partial charge in [-0.15, -0.1) is 0 Å². The zero-order chi connectivity index (χ0) is 10.3. The molecule has 0 saturated heterocycles. The fourth-order valence-corrected chi connectivity index (χ4v) is 3.09. The summed E-state index contributed by atoms with van der Waals surface area (Å²) < 4.78 is 1.40. The lowest BCUT2D eigenvalue weighted by molar-refractivity contribution is 0.935. The summed E-state index contributed by atoms with van der Waals surface area (Å²) in [5.74, 6) is 0. The highest BCUT2D eigenvalue weighted by Gasteiger charge is 2.16. The Kier molecular flexibility index (Phi) is 2.28. The molecule has 0 aliphatic heterocycles. The van der Waals surface area contributed by atoms with Crippen LogP contribution in [-0.4, -0.2) is 0 Å². The summed E-state index contributed by atoms with van der Waals surface area (Å²) in [6.07, 6.45) is 2.37. The van der Waals surface area contributed by atoms with Crippen molar-refractivity contribution in [2.45, 2.75) is 12.8 Å². The third kappa shape index (κ3) is 1.49. The summed E-state index contributed by atoms with van der Waals surface area (Å²) in [6.45, 7) is 0. The van der Waals surface area contributed by atoms with Gasteiger partial charge in [0, 0.05) is 3.57 Å². The van der Waals surface area contributed by atoms with Gasteiger partial charge in [-0.05, 0) is 63.8 Å². The molecule has 1 aliphatic carbocycles. The maximum absolute atomic E-state index is 2.44. The Morgan fingerprint density at radius 3 is 2.53 bits per heavy atom. The maximum Gasteiger partial charge on any atom is 0.0168 e. The molecule has 2 aromatic rings. The quantitative estimate of drug-likeness (QED) is 0.644. The van der Waals surface area contributed by atoms with Crippen molar-refractivity contribution >= 4 is 22.6 Å². The first-order valence-corrected chi connectivity index (χ1v) is 6.30. The van der Waals surface area contributed by atoms with Gasteiger partial charge in [0.15, 0.2) is 0 Å². The minimum absolute atomic E-state index is 1.18. The van der Waals surface area contributed by atoms with Gasteiger partial charge < -0.3 is 0 Å². The Labute approximate surface area is 103 Å². The van der Waals surface area contributed by atoms with Gasteiger partial charge in [0.2, 0.25) is 0 Å². The van der Waals surface area contributed by atoms with E-state index in [-0.39, 0.29) is 0 Å². The van der Waals surface area contributed by atoms with Crippen molar-refractivity contribution in [3.63, 3.8) is 0 Å². The second-order valence-corrected chi connectivity index (χ2v) is 5.09. The van der Waals surface area contributed by atoms with Crippen molar-refractivity contribution in [3.8, 4) is 11.1 Å². The Morgan fingerprint density at radius 2 is 1.60 bits per heavy atom. The minimum atomic E-state index is 1.18. The zero-order valence-electron chi connectivity index (χ0n) is 8.33. The highest BCUT2D eigenvalue weighted by molar-refractivity contribution is 14.1. The minimum Gasteiger partial charge on any atom is -0.0620 e. The van der Waals surface area contributed by atoms with E-state index in [4.69, 9.17) is 0 Å². The molecule has 1 aliphatic rings. The zero-order valence-corrected chi connectivity index (χ0v) is 10.5. The van der Waals surface area contributed by atoms with E-state index < -0.39 is 0 Å². The van der Waals surface area contributed by atoms with Crippen LogP contribution in [-0.2, 0) is 12.8 Å². The average Bonchev–Trinajstić information content (AvgIpc) is 2.29. The molecule has 3 rings (SSSR count). The molecule has 0 spiro atoms. The summed E-state index contributed by atoms with van der Waals surface area (Å²) in [4.78, 5) is 0. The maximum atomic E-state index is 2.44. The highest BCUT2D eigenvalue weighted by atomic mass is 127. The van der Waals surface area contributed by atoms with Crippen LogP contribution in [0.4, 0.5) is 0 Å². The SMILES string of the molecule is Ic1cccc2c1CCc1ccccc1-2. The van der Waals surface area contributed by atoms with Gasteiger partial charge in [-0.2, -0.15) is 0 Å². The summed E-state index contributed by atoms with van der Waals surface area (Å²) in [6, 6.07) is 15.4. The largest absolute Gasteiger partial charge is 0.0620 e. The molecule has 0 heterocycles. The highest BCUT2D eigenvalue weighted by Crippen LogP contribution is 2.35. The van der Waals surface area contributed by atoms with Crippen molar-refractivity contribution in [2.75, 3.05) is 0 Å². The van der Waals surface area contributed by atoms with Crippen molar-refractivity contribution in [1.82, 2.24) is 0 Å². The van der Waals surface area contributed by atoms with Crippen molar-refractivity contribution < 1.29 is 0 Å². The van der Waals surface area contributed by atoms with E-state index in [1.54, 1.807) is 0 Å².